The first-order valence-electron chi connectivity index (χ1n) is 10.4. The maximum absolute atomic E-state index is 10.3. The molecule has 0 amide bonds. The van der Waals surface area contributed by atoms with Crippen LogP contribution in [-0.2, 0) is 6.54 Å². The van der Waals surface area contributed by atoms with E-state index < -0.39 is 0 Å². The Bertz CT molecular complexity index is 838. The molecule has 0 aliphatic carbocycles. The van der Waals surface area contributed by atoms with Gasteiger partial charge in [0.2, 0.25) is 0 Å². The van der Waals surface area contributed by atoms with Crippen molar-refractivity contribution in [1.82, 2.24) is 10.6 Å². The van der Waals surface area contributed by atoms with Crippen LogP contribution in [0.4, 0.5) is 5.69 Å². The number of hydrogen-bond donors (Lipinski definition) is 3. The highest BCUT2D eigenvalue weighted by Crippen LogP contribution is 2.29. The number of nitrogens with zero attached hydrogens (tertiary/aromatic N) is 2. The predicted molar refractivity (Wildman–Crippen MR) is 134 cm³/mol. The maximum atomic E-state index is 10.3. The van der Waals surface area contributed by atoms with Crippen molar-refractivity contribution in [2.75, 3.05) is 31.6 Å². The second-order valence-corrected chi connectivity index (χ2v) is 7.32. The lowest BCUT2D eigenvalue weighted by atomic mass is 10.1. The van der Waals surface area contributed by atoms with Crippen LogP contribution >= 0.6 is 24.0 Å². The lowest BCUT2D eigenvalue weighted by molar-refractivity contribution is 0.370. The summed E-state index contributed by atoms with van der Waals surface area (Å²) in [5.41, 5.74) is 3.24. The van der Waals surface area contributed by atoms with Gasteiger partial charge in [-0.25, -0.2) is 4.99 Å². The van der Waals surface area contributed by atoms with Gasteiger partial charge in [0.1, 0.15) is 0 Å². The third kappa shape index (κ3) is 6.17. The lowest BCUT2D eigenvalue weighted by Crippen LogP contribution is -2.38. The molecule has 164 valence electrons. The van der Waals surface area contributed by atoms with Gasteiger partial charge in [0, 0.05) is 30.9 Å². The van der Waals surface area contributed by atoms with Gasteiger partial charge in [-0.2, -0.15) is 0 Å². The maximum Gasteiger partial charge on any atom is 0.192 e. The van der Waals surface area contributed by atoms with Crippen LogP contribution in [0.2, 0.25) is 0 Å². The van der Waals surface area contributed by atoms with E-state index in [0.717, 1.165) is 25.2 Å². The zero-order valence-electron chi connectivity index (χ0n) is 18.0. The molecule has 7 heteroatoms. The minimum atomic E-state index is 0. The number of halogens is 1. The van der Waals surface area contributed by atoms with Gasteiger partial charge in [0.25, 0.3) is 0 Å². The van der Waals surface area contributed by atoms with Crippen molar-refractivity contribution >= 4 is 35.6 Å². The largest absolute Gasteiger partial charge is 0.504 e. The molecular weight excluding hydrogens is 491 g/mol. The normalized spacial score (nSPS) is 14.8. The molecule has 1 fully saturated rings. The Balaban J connectivity index is 0.00000320. The molecule has 1 aliphatic heterocycles. The van der Waals surface area contributed by atoms with E-state index in [1.165, 1.54) is 24.1 Å². The first-order chi connectivity index (χ1) is 14.1. The number of aliphatic imine (C=N–C) groups is 1. The van der Waals surface area contributed by atoms with E-state index in [4.69, 9.17) is 4.74 Å². The van der Waals surface area contributed by atoms with E-state index >= 15 is 0 Å². The van der Waals surface area contributed by atoms with Crippen molar-refractivity contribution in [1.29, 1.82) is 0 Å². The number of para-hydroxylation sites is 1. The zero-order chi connectivity index (χ0) is 20.6. The molecule has 3 rings (SSSR count). The second kappa shape index (κ2) is 11.9. The summed E-state index contributed by atoms with van der Waals surface area (Å²) >= 11 is 0. The number of nitrogens with one attached hydrogen (secondary N) is 2. The zero-order valence-corrected chi connectivity index (χ0v) is 20.3. The summed E-state index contributed by atoms with van der Waals surface area (Å²) in [5.74, 6) is 1.32. The van der Waals surface area contributed by atoms with Crippen LogP contribution in [0.5, 0.6) is 11.5 Å². The molecule has 3 N–H and O–H groups in total. The van der Waals surface area contributed by atoms with Crippen LogP contribution in [0.25, 0.3) is 0 Å². The molecule has 0 radical (unpaired) electrons. The van der Waals surface area contributed by atoms with Crippen LogP contribution in [0.15, 0.2) is 47.5 Å². The Hall–Kier alpha value is -2.16. The van der Waals surface area contributed by atoms with E-state index in [2.05, 4.69) is 51.7 Å². The smallest absolute Gasteiger partial charge is 0.192 e. The number of phenolic OH excluding ortho intramolecular Hbond substituents is 1. The number of phenols is 1. The van der Waals surface area contributed by atoms with E-state index in [9.17, 15) is 5.11 Å². The quantitative estimate of drug-likeness (QED) is 0.284. The molecule has 2 aromatic rings. The van der Waals surface area contributed by atoms with E-state index in [1.54, 1.807) is 13.2 Å². The first-order valence-corrected chi connectivity index (χ1v) is 10.4. The van der Waals surface area contributed by atoms with Gasteiger partial charge in [-0.1, -0.05) is 24.3 Å². The molecule has 30 heavy (non-hydrogen) atoms. The molecule has 0 saturated carbocycles. The highest BCUT2D eigenvalue weighted by Gasteiger charge is 2.15. The number of aromatic hydroxyl groups is 1. The fourth-order valence-corrected chi connectivity index (χ4v) is 3.60. The summed E-state index contributed by atoms with van der Waals surface area (Å²) in [4.78, 5) is 7.10. The third-order valence-corrected chi connectivity index (χ3v) is 5.25. The Morgan fingerprint density at radius 1 is 1.20 bits per heavy atom. The van der Waals surface area contributed by atoms with Crippen LogP contribution in [-0.4, -0.2) is 37.8 Å². The number of rotatable bonds is 7. The van der Waals surface area contributed by atoms with Crippen molar-refractivity contribution in [2.45, 2.75) is 39.3 Å². The standard InChI is InChI=1S/C23H32N4O2.HI/c1-4-24-23(25-16-19-10-8-12-21(29-3)22(19)28)26-17(2)18-9-7-11-20(15-18)27-13-5-6-14-27;/h7-12,15,17,28H,4-6,13-14,16H2,1-3H3,(H2,24,25,26);1H. The fourth-order valence-electron chi connectivity index (χ4n) is 3.60. The van der Waals surface area contributed by atoms with Crippen LogP contribution < -0.4 is 20.3 Å². The Kier molecular flexibility index (Phi) is 9.55. The van der Waals surface area contributed by atoms with Gasteiger partial charge >= 0.3 is 0 Å². The number of benzene rings is 2. The van der Waals surface area contributed by atoms with Crippen molar-refractivity contribution in [3.05, 3.63) is 53.6 Å². The molecule has 0 bridgehead atoms. The number of ether oxygens (including phenoxy) is 1. The van der Waals surface area contributed by atoms with Gasteiger partial charge in [-0.05, 0) is 50.5 Å². The molecular formula is C23H33IN4O2. The first kappa shape index (κ1) is 24.1. The number of hydrogen-bond acceptors (Lipinski definition) is 4. The Morgan fingerprint density at radius 2 is 1.93 bits per heavy atom. The molecule has 0 spiro atoms. The average molecular weight is 524 g/mol. The third-order valence-electron chi connectivity index (χ3n) is 5.25. The fraction of sp³-hybridized carbons (Fsp3) is 0.435. The summed E-state index contributed by atoms with van der Waals surface area (Å²) in [6, 6.07) is 14.3. The summed E-state index contributed by atoms with van der Waals surface area (Å²) in [5, 5.41) is 17.1. The van der Waals surface area contributed by atoms with Crippen molar-refractivity contribution in [3.8, 4) is 11.5 Å². The average Bonchev–Trinajstić information content (AvgIpc) is 3.28. The number of methoxy groups -OCH3 is 1. The van der Waals surface area contributed by atoms with E-state index in [1.807, 2.05) is 19.1 Å². The van der Waals surface area contributed by atoms with Gasteiger partial charge < -0.3 is 25.4 Å². The highest BCUT2D eigenvalue weighted by atomic mass is 127. The molecule has 6 nitrogen and oxygen atoms in total. The van der Waals surface area contributed by atoms with Gasteiger partial charge in [-0.3, -0.25) is 0 Å². The monoisotopic (exact) mass is 524 g/mol. The summed E-state index contributed by atoms with van der Waals surface area (Å²) in [6.45, 7) is 7.58. The molecule has 0 aromatic heterocycles. The summed E-state index contributed by atoms with van der Waals surface area (Å²) in [6.07, 6.45) is 2.54. The van der Waals surface area contributed by atoms with Crippen molar-refractivity contribution in [3.63, 3.8) is 0 Å². The summed E-state index contributed by atoms with van der Waals surface area (Å²) < 4.78 is 5.18. The molecule has 1 aliphatic rings. The number of anilines is 1. The predicted octanol–water partition coefficient (Wildman–Crippen LogP) is 4.44. The Labute approximate surface area is 196 Å². The molecule has 1 unspecified atom stereocenters. The van der Waals surface area contributed by atoms with E-state index in [-0.39, 0.29) is 35.8 Å². The number of guanidine groups is 1. The van der Waals surface area contributed by atoms with Gasteiger partial charge in [0.15, 0.2) is 17.5 Å². The second-order valence-electron chi connectivity index (χ2n) is 7.32. The summed E-state index contributed by atoms with van der Waals surface area (Å²) in [7, 11) is 1.55. The topological polar surface area (TPSA) is 69.1 Å². The molecule has 1 heterocycles. The van der Waals surface area contributed by atoms with Crippen molar-refractivity contribution < 1.29 is 9.84 Å². The molecule has 2 aromatic carbocycles. The van der Waals surface area contributed by atoms with Crippen molar-refractivity contribution in [2.24, 2.45) is 4.99 Å². The van der Waals surface area contributed by atoms with Gasteiger partial charge in [-0.15, -0.1) is 24.0 Å². The Morgan fingerprint density at radius 3 is 2.63 bits per heavy atom. The minimum Gasteiger partial charge on any atom is -0.504 e. The lowest BCUT2D eigenvalue weighted by Gasteiger charge is -2.22. The van der Waals surface area contributed by atoms with Crippen LogP contribution in [0.1, 0.15) is 43.9 Å². The van der Waals surface area contributed by atoms with Gasteiger partial charge in [0.05, 0.1) is 19.7 Å². The van der Waals surface area contributed by atoms with Crippen LogP contribution in [0, 0.1) is 0 Å². The SMILES string of the molecule is CCNC(=NCc1cccc(OC)c1O)NC(C)c1cccc(N2CCCC2)c1.I. The minimum absolute atomic E-state index is 0. The van der Waals surface area contributed by atoms with E-state index in [0.29, 0.717) is 18.3 Å². The molecule has 1 saturated heterocycles. The molecule has 1 atom stereocenters. The highest BCUT2D eigenvalue weighted by molar-refractivity contribution is 14.0. The van der Waals surface area contributed by atoms with Crippen LogP contribution in [0.3, 0.4) is 0 Å².